The maximum atomic E-state index is 12.6. The zero-order valence-electron chi connectivity index (χ0n) is 14.5. The van der Waals surface area contributed by atoms with Crippen LogP contribution in [0.5, 0.6) is 0 Å². The molecule has 1 aromatic carbocycles. The van der Waals surface area contributed by atoms with Crippen LogP contribution in [0.25, 0.3) is 0 Å². The lowest BCUT2D eigenvalue weighted by Gasteiger charge is -2.32. The first-order valence-corrected chi connectivity index (χ1v) is 9.47. The monoisotopic (exact) mass is 371 g/mol. The predicted molar refractivity (Wildman–Crippen MR) is 101 cm³/mol. The third kappa shape index (κ3) is 4.49. The van der Waals surface area contributed by atoms with Gasteiger partial charge in [0.05, 0.1) is 0 Å². The van der Waals surface area contributed by atoms with Gasteiger partial charge in [0.25, 0.3) is 11.8 Å². The SMILES string of the molecule is CC(=O)Nc1ccc(C(=O)N2CCC(NC(=O)c3ccsc3)CC2)cc1. The summed E-state index contributed by atoms with van der Waals surface area (Å²) in [5, 5.41) is 9.43. The van der Waals surface area contributed by atoms with Crippen LogP contribution in [-0.4, -0.2) is 41.8 Å². The molecule has 0 bridgehead atoms. The summed E-state index contributed by atoms with van der Waals surface area (Å²) in [4.78, 5) is 37.6. The third-order valence-electron chi connectivity index (χ3n) is 4.35. The van der Waals surface area contributed by atoms with E-state index in [1.54, 1.807) is 29.2 Å². The standard InChI is InChI=1S/C19H21N3O3S/c1-13(23)20-16-4-2-14(3-5-16)19(25)22-9-6-17(7-10-22)21-18(24)15-8-11-26-12-15/h2-5,8,11-12,17H,6-7,9-10H2,1H3,(H,20,23)(H,21,24). The molecule has 2 N–H and O–H groups in total. The number of hydrogen-bond acceptors (Lipinski definition) is 4. The molecule has 1 aliphatic heterocycles. The average Bonchev–Trinajstić information content (AvgIpc) is 3.17. The highest BCUT2D eigenvalue weighted by Gasteiger charge is 2.25. The minimum atomic E-state index is -0.143. The lowest BCUT2D eigenvalue weighted by Crippen LogP contribution is -2.46. The molecular formula is C19H21N3O3S. The van der Waals surface area contributed by atoms with Crippen molar-refractivity contribution in [3.63, 3.8) is 0 Å². The maximum Gasteiger partial charge on any atom is 0.253 e. The van der Waals surface area contributed by atoms with Gasteiger partial charge in [-0.15, -0.1) is 0 Å². The number of rotatable bonds is 4. The number of likely N-dealkylation sites (tertiary alicyclic amines) is 1. The summed E-state index contributed by atoms with van der Waals surface area (Å²) in [5.41, 5.74) is 1.96. The van der Waals surface area contributed by atoms with Crippen LogP contribution in [-0.2, 0) is 4.79 Å². The minimum Gasteiger partial charge on any atom is -0.349 e. The zero-order valence-corrected chi connectivity index (χ0v) is 15.3. The van der Waals surface area contributed by atoms with Crippen molar-refractivity contribution in [3.05, 3.63) is 52.2 Å². The second kappa shape index (κ2) is 8.14. The normalized spacial score (nSPS) is 14.7. The van der Waals surface area contributed by atoms with E-state index in [9.17, 15) is 14.4 Å². The van der Waals surface area contributed by atoms with Gasteiger partial charge in [-0.05, 0) is 48.6 Å². The molecule has 3 rings (SSSR count). The van der Waals surface area contributed by atoms with E-state index in [-0.39, 0.29) is 23.8 Å². The molecule has 0 aliphatic carbocycles. The fourth-order valence-corrected chi connectivity index (χ4v) is 3.61. The zero-order chi connectivity index (χ0) is 18.5. The topological polar surface area (TPSA) is 78.5 Å². The molecule has 6 nitrogen and oxygen atoms in total. The Hall–Kier alpha value is -2.67. The summed E-state index contributed by atoms with van der Waals surface area (Å²) in [7, 11) is 0. The van der Waals surface area contributed by atoms with Gasteiger partial charge in [-0.2, -0.15) is 11.3 Å². The highest BCUT2D eigenvalue weighted by atomic mass is 32.1. The van der Waals surface area contributed by atoms with Gasteiger partial charge in [0.15, 0.2) is 0 Å². The van der Waals surface area contributed by atoms with Gasteiger partial charge in [0.1, 0.15) is 0 Å². The molecule has 1 fully saturated rings. The molecule has 0 spiro atoms. The quantitative estimate of drug-likeness (QED) is 0.867. The van der Waals surface area contributed by atoms with Crippen molar-refractivity contribution in [1.29, 1.82) is 0 Å². The number of nitrogens with one attached hydrogen (secondary N) is 2. The average molecular weight is 371 g/mol. The van der Waals surface area contributed by atoms with E-state index < -0.39 is 0 Å². The Labute approximate surface area is 156 Å². The Bertz CT molecular complexity index is 779. The molecule has 0 radical (unpaired) electrons. The number of thiophene rings is 1. The first kappa shape index (κ1) is 18.1. The number of piperidine rings is 1. The van der Waals surface area contributed by atoms with Gasteiger partial charge in [-0.25, -0.2) is 0 Å². The van der Waals surface area contributed by atoms with Gasteiger partial charge in [-0.3, -0.25) is 14.4 Å². The highest BCUT2D eigenvalue weighted by molar-refractivity contribution is 7.08. The lowest BCUT2D eigenvalue weighted by atomic mass is 10.0. The molecule has 3 amide bonds. The number of anilines is 1. The summed E-state index contributed by atoms with van der Waals surface area (Å²) < 4.78 is 0. The lowest BCUT2D eigenvalue weighted by molar-refractivity contribution is -0.114. The van der Waals surface area contributed by atoms with Crippen molar-refractivity contribution >= 4 is 34.7 Å². The van der Waals surface area contributed by atoms with Crippen LogP contribution in [0.15, 0.2) is 41.1 Å². The molecule has 7 heteroatoms. The predicted octanol–water partition coefficient (Wildman–Crippen LogP) is 2.74. The number of carbonyl (C=O) groups is 3. The number of amides is 3. The third-order valence-corrected chi connectivity index (χ3v) is 5.04. The van der Waals surface area contributed by atoms with E-state index in [1.807, 2.05) is 16.8 Å². The minimum absolute atomic E-state index is 0.0259. The first-order chi connectivity index (χ1) is 12.5. The number of nitrogens with zero attached hydrogens (tertiary/aromatic N) is 1. The molecule has 1 aliphatic rings. The van der Waals surface area contributed by atoms with Crippen molar-refractivity contribution in [3.8, 4) is 0 Å². The van der Waals surface area contributed by atoms with Gasteiger partial charge in [0.2, 0.25) is 5.91 Å². The van der Waals surface area contributed by atoms with Crippen LogP contribution in [0.2, 0.25) is 0 Å². The van der Waals surface area contributed by atoms with E-state index in [4.69, 9.17) is 0 Å². The second-order valence-corrected chi connectivity index (χ2v) is 7.09. The van der Waals surface area contributed by atoms with Gasteiger partial charge >= 0.3 is 0 Å². The largest absolute Gasteiger partial charge is 0.349 e. The van der Waals surface area contributed by atoms with Gasteiger partial charge < -0.3 is 15.5 Å². The molecule has 26 heavy (non-hydrogen) atoms. The summed E-state index contributed by atoms with van der Waals surface area (Å²) in [6.45, 7) is 2.67. The summed E-state index contributed by atoms with van der Waals surface area (Å²) in [5.74, 6) is -0.220. The Morgan fingerprint density at radius 2 is 1.73 bits per heavy atom. The van der Waals surface area contributed by atoms with Crippen molar-refractivity contribution < 1.29 is 14.4 Å². The van der Waals surface area contributed by atoms with Gasteiger partial charge in [0, 0.05) is 48.2 Å². The Kier molecular flexibility index (Phi) is 5.68. The number of hydrogen-bond donors (Lipinski definition) is 2. The van der Waals surface area contributed by atoms with Crippen molar-refractivity contribution in [2.75, 3.05) is 18.4 Å². The van der Waals surface area contributed by atoms with E-state index in [0.717, 1.165) is 12.8 Å². The van der Waals surface area contributed by atoms with E-state index in [1.165, 1.54) is 18.3 Å². The Balaban J connectivity index is 1.51. The molecule has 0 saturated carbocycles. The van der Waals surface area contributed by atoms with Crippen LogP contribution in [0.4, 0.5) is 5.69 Å². The van der Waals surface area contributed by atoms with Crippen LogP contribution < -0.4 is 10.6 Å². The van der Waals surface area contributed by atoms with Crippen molar-refractivity contribution in [2.45, 2.75) is 25.8 Å². The molecule has 0 atom stereocenters. The maximum absolute atomic E-state index is 12.6. The second-order valence-electron chi connectivity index (χ2n) is 6.31. The molecule has 1 saturated heterocycles. The summed E-state index contributed by atoms with van der Waals surface area (Å²) >= 11 is 1.50. The molecule has 2 aromatic rings. The van der Waals surface area contributed by atoms with Crippen LogP contribution in [0, 0.1) is 0 Å². The highest BCUT2D eigenvalue weighted by Crippen LogP contribution is 2.17. The molecule has 2 heterocycles. The van der Waals surface area contributed by atoms with Crippen molar-refractivity contribution in [2.24, 2.45) is 0 Å². The fraction of sp³-hybridized carbons (Fsp3) is 0.316. The molecular weight excluding hydrogens is 350 g/mol. The Morgan fingerprint density at radius 3 is 2.31 bits per heavy atom. The fourth-order valence-electron chi connectivity index (χ4n) is 2.97. The van der Waals surface area contributed by atoms with Crippen LogP contribution >= 0.6 is 11.3 Å². The number of benzene rings is 1. The first-order valence-electron chi connectivity index (χ1n) is 8.53. The molecule has 0 unspecified atom stereocenters. The summed E-state index contributed by atoms with van der Waals surface area (Å²) in [6.07, 6.45) is 1.48. The summed E-state index contributed by atoms with van der Waals surface area (Å²) in [6, 6.07) is 8.79. The van der Waals surface area contributed by atoms with Crippen LogP contribution in [0.1, 0.15) is 40.5 Å². The molecule has 1 aromatic heterocycles. The molecule has 136 valence electrons. The van der Waals surface area contributed by atoms with Crippen LogP contribution in [0.3, 0.4) is 0 Å². The smallest absolute Gasteiger partial charge is 0.253 e. The van der Waals surface area contributed by atoms with E-state index in [2.05, 4.69) is 10.6 Å². The van der Waals surface area contributed by atoms with E-state index in [0.29, 0.717) is 29.9 Å². The van der Waals surface area contributed by atoms with Gasteiger partial charge in [-0.1, -0.05) is 0 Å². The number of carbonyl (C=O) groups excluding carboxylic acids is 3. The van der Waals surface area contributed by atoms with Crippen molar-refractivity contribution in [1.82, 2.24) is 10.2 Å². The Morgan fingerprint density at radius 1 is 1.04 bits per heavy atom. The van der Waals surface area contributed by atoms with E-state index >= 15 is 0 Å².